The maximum atomic E-state index is 13.3. The van der Waals surface area contributed by atoms with Crippen molar-refractivity contribution in [3.63, 3.8) is 0 Å². The van der Waals surface area contributed by atoms with Gasteiger partial charge in [-0.25, -0.2) is 9.78 Å². The van der Waals surface area contributed by atoms with E-state index >= 15 is 0 Å². The molecule has 240 valence electrons. The van der Waals surface area contributed by atoms with Crippen LogP contribution in [0.15, 0.2) is 59.7 Å². The van der Waals surface area contributed by atoms with E-state index in [0.29, 0.717) is 0 Å². The molecule has 15 nitrogen and oxygen atoms in total. The molecule has 2 aromatic carbocycles. The number of aromatic amines is 1. The number of aliphatic hydroxyl groups is 1. The number of imidazole rings is 1. The van der Waals surface area contributed by atoms with Gasteiger partial charge in [0.15, 0.2) is 11.2 Å². The van der Waals surface area contributed by atoms with Crippen LogP contribution in [0.25, 0.3) is 22.3 Å². The summed E-state index contributed by atoms with van der Waals surface area (Å²) in [6.45, 7) is 1.16. The molecule has 2 heterocycles. The predicted molar refractivity (Wildman–Crippen MR) is 165 cm³/mol. The highest BCUT2D eigenvalue weighted by molar-refractivity contribution is 5.91. The summed E-state index contributed by atoms with van der Waals surface area (Å²) in [6.07, 6.45) is 0.347. The maximum absolute atomic E-state index is 13.3. The standard InChI is InChI=1S/C31H33N7O8/c1-17(2)28(43)35-30-34-27-26(29(44)36-30)32-16-38(27)12-24(40)37(13-25(41)42)11-18(14-39)33-31(45)46-15-23-21-9-5-3-7-19(21)20-8-4-6-10-22(20)23/h3-10,16-18,23,39H,11-15H2,1-2H3,(H,33,45)(H,41,42)(H2,34,35,36,43,44)/t18-/m1/s1. The third kappa shape index (κ3) is 6.89. The molecule has 0 unspecified atom stereocenters. The molecule has 0 radical (unpaired) electrons. The van der Waals surface area contributed by atoms with Crippen LogP contribution in [0.2, 0.25) is 0 Å². The molecule has 0 saturated carbocycles. The van der Waals surface area contributed by atoms with Crippen molar-refractivity contribution >= 4 is 41.0 Å². The molecule has 5 rings (SSSR count). The van der Waals surface area contributed by atoms with E-state index in [1.807, 2.05) is 48.5 Å². The summed E-state index contributed by atoms with van der Waals surface area (Å²) in [5.74, 6) is -3.16. The minimum absolute atomic E-state index is 0.0121. The van der Waals surface area contributed by atoms with Crippen molar-refractivity contribution in [1.82, 2.24) is 29.7 Å². The summed E-state index contributed by atoms with van der Waals surface area (Å²) >= 11 is 0. The van der Waals surface area contributed by atoms with Crippen LogP contribution >= 0.6 is 0 Å². The molecule has 1 aliphatic rings. The minimum Gasteiger partial charge on any atom is -0.480 e. The van der Waals surface area contributed by atoms with Crippen LogP contribution in [0.3, 0.4) is 0 Å². The van der Waals surface area contributed by atoms with Gasteiger partial charge in [-0.3, -0.25) is 29.5 Å². The molecule has 0 saturated heterocycles. The lowest BCUT2D eigenvalue weighted by molar-refractivity contribution is -0.145. The molecule has 4 aromatic rings. The summed E-state index contributed by atoms with van der Waals surface area (Å²) in [7, 11) is 0. The molecule has 46 heavy (non-hydrogen) atoms. The Morgan fingerprint density at radius 3 is 2.33 bits per heavy atom. The summed E-state index contributed by atoms with van der Waals surface area (Å²) < 4.78 is 6.76. The Morgan fingerprint density at radius 1 is 1.07 bits per heavy atom. The number of hydrogen-bond donors (Lipinski definition) is 5. The second-order valence-corrected chi connectivity index (χ2v) is 11.1. The number of rotatable bonds is 12. The first-order valence-corrected chi connectivity index (χ1v) is 14.5. The smallest absolute Gasteiger partial charge is 0.407 e. The van der Waals surface area contributed by atoms with Gasteiger partial charge in [0.1, 0.15) is 19.7 Å². The molecule has 0 aliphatic heterocycles. The number of aromatic nitrogens is 4. The largest absolute Gasteiger partial charge is 0.480 e. The number of nitrogens with one attached hydrogen (secondary N) is 3. The maximum Gasteiger partial charge on any atom is 0.407 e. The third-order valence-electron chi connectivity index (χ3n) is 7.55. The number of amides is 3. The number of fused-ring (bicyclic) bond motifs is 4. The number of aliphatic carboxylic acids is 1. The molecule has 0 bridgehead atoms. The SMILES string of the molecule is CC(C)C(=O)Nc1nc2c(ncn2CC(=O)N(CC(=O)O)C[C@H](CO)NC(=O)OCC2c3ccccc3-c3ccccc32)c(=O)[nH]1. The zero-order valence-corrected chi connectivity index (χ0v) is 25.1. The molecule has 0 fully saturated rings. The van der Waals surface area contributed by atoms with Gasteiger partial charge in [-0.15, -0.1) is 0 Å². The van der Waals surface area contributed by atoms with Crippen LogP contribution in [0.4, 0.5) is 10.7 Å². The van der Waals surface area contributed by atoms with Crippen LogP contribution in [0.5, 0.6) is 0 Å². The number of nitrogens with zero attached hydrogens (tertiary/aromatic N) is 4. The van der Waals surface area contributed by atoms with Gasteiger partial charge in [-0.1, -0.05) is 62.4 Å². The number of H-pyrrole nitrogens is 1. The van der Waals surface area contributed by atoms with Crippen LogP contribution in [-0.4, -0.2) is 90.9 Å². The Labute approximate surface area is 262 Å². The lowest BCUT2D eigenvalue weighted by Gasteiger charge is -2.26. The first kappa shape index (κ1) is 31.8. The van der Waals surface area contributed by atoms with Crippen LogP contribution in [-0.2, 0) is 25.7 Å². The Bertz CT molecular complexity index is 1800. The number of carboxylic acid groups (broad SMARTS) is 1. The number of carboxylic acids is 1. The van der Waals surface area contributed by atoms with Crippen molar-refractivity contribution in [1.29, 1.82) is 0 Å². The highest BCUT2D eigenvalue weighted by Crippen LogP contribution is 2.44. The van der Waals surface area contributed by atoms with Gasteiger partial charge in [-0.2, -0.15) is 4.98 Å². The molecule has 3 amide bonds. The first-order valence-electron chi connectivity index (χ1n) is 14.5. The fourth-order valence-corrected chi connectivity index (χ4v) is 5.28. The second kappa shape index (κ2) is 13.6. The Kier molecular flexibility index (Phi) is 9.42. The van der Waals surface area contributed by atoms with E-state index in [1.54, 1.807) is 13.8 Å². The zero-order valence-electron chi connectivity index (χ0n) is 25.1. The van der Waals surface area contributed by atoms with Gasteiger partial charge < -0.3 is 29.7 Å². The van der Waals surface area contributed by atoms with E-state index in [4.69, 9.17) is 4.74 Å². The molecule has 1 atom stereocenters. The van der Waals surface area contributed by atoms with Crippen molar-refractivity contribution in [3.8, 4) is 11.1 Å². The quantitative estimate of drug-likeness (QED) is 0.152. The highest BCUT2D eigenvalue weighted by atomic mass is 16.5. The predicted octanol–water partition coefficient (Wildman–Crippen LogP) is 1.53. The molecular formula is C31H33N7O8. The minimum atomic E-state index is -1.32. The number of aliphatic hydroxyl groups excluding tert-OH is 1. The van der Waals surface area contributed by atoms with Gasteiger partial charge in [0, 0.05) is 18.4 Å². The van der Waals surface area contributed by atoms with Gasteiger partial charge in [-0.05, 0) is 22.3 Å². The van der Waals surface area contributed by atoms with E-state index in [-0.39, 0.29) is 36.2 Å². The van der Waals surface area contributed by atoms with Gasteiger partial charge in [0.25, 0.3) is 5.56 Å². The number of alkyl carbamates (subject to hydrolysis) is 1. The van der Waals surface area contributed by atoms with Crippen LogP contribution in [0.1, 0.15) is 30.9 Å². The summed E-state index contributed by atoms with van der Waals surface area (Å²) in [5.41, 5.74) is 3.41. The van der Waals surface area contributed by atoms with E-state index in [1.165, 1.54) is 10.9 Å². The van der Waals surface area contributed by atoms with Crippen molar-refractivity contribution in [2.75, 3.05) is 31.6 Å². The summed E-state index contributed by atoms with van der Waals surface area (Å²) in [6, 6.07) is 14.6. The van der Waals surface area contributed by atoms with E-state index in [0.717, 1.165) is 27.2 Å². The monoisotopic (exact) mass is 631 g/mol. The summed E-state index contributed by atoms with van der Waals surface area (Å²) in [4.78, 5) is 73.9. The summed E-state index contributed by atoms with van der Waals surface area (Å²) in [5, 5.41) is 24.5. The third-order valence-corrected chi connectivity index (χ3v) is 7.55. The average molecular weight is 632 g/mol. The van der Waals surface area contributed by atoms with Crippen molar-refractivity contribution < 1.29 is 34.1 Å². The first-order chi connectivity index (χ1) is 22.0. The number of carbonyl (C=O) groups excluding carboxylic acids is 3. The number of carbonyl (C=O) groups is 4. The highest BCUT2D eigenvalue weighted by Gasteiger charge is 2.30. The molecule has 0 spiro atoms. The second-order valence-electron chi connectivity index (χ2n) is 11.1. The fourth-order valence-electron chi connectivity index (χ4n) is 5.28. The van der Waals surface area contributed by atoms with Gasteiger partial charge >= 0.3 is 12.1 Å². The molecule has 1 aliphatic carbocycles. The number of ether oxygens (including phenoxy) is 1. The van der Waals surface area contributed by atoms with Gasteiger partial charge in [0.2, 0.25) is 17.8 Å². The topological polar surface area (TPSA) is 209 Å². The van der Waals surface area contributed by atoms with Crippen molar-refractivity contribution in [2.24, 2.45) is 5.92 Å². The molecule has 2 aromatic heterocycles. The average Bonchev–Trinajstić information content (AvgIpc) is 3.57. The Balaban J connectivity index is 1.25. The number of anilines is 1. The van der Waals surface area contributed by atoms with Crippen molar-refractivity contribution in [3.05, 3.63) is 76.3 Å². The Morgan fingerprint density at radius 2 is 1.72 bits per heavy atom. The fraction of sp³-hybridized carbons (Fsp3) is 0.323. The lowest BCUT2D eigenvalue weighted by atomic mass is 9.98. The Hall–Kier alpha value is -5.57. The van der Waals surface area contributed by atoms with E-state index in [9.17, 15) is 34.2 Å². The van der Waals surface area contributed by atoms with Gasteiger partial charge in [0.05, 0.1) is 19.0 Å². The van der Waals surface area contributed by atoms with Crippen molar-refractivity contribution in [2.45, 2.75) is 32.4 Å². The molecule has 15 heteroatoms. The lowest BCUT2D eigenvalue weighted by Crippen LogP contribution is -2.50. The molecular weight excluding hydrogens is 598 g/mol. The zero-order chi connectivity index (χ0) is 33.0. The van der Waals surface area contributed by atoms with E-state index in [2.05, 4.69) is 25.6 Å². The number of hydrogen-bond acceptors (Lipinski definition) is 9. The van der Waals surface area contributed by atoms with Crippen LogP contribution in [0, 0.1) is 5.92 Å². The normalized spacial score (nSPS) is 12.8. The number of benzene rings is 2. The molecule has 5 N–H and O–H groups in total. The van der Waals surface area contributed by atoms with E-state index < -0.39 is 61.1 Å². The van der Waals surface area contributed by atoms with Crippen LogP contribution < -0.4 is 16.2 Å².